The minimum atomic E-state index is -0.261. The van der Waals surface area contributed by atoms with Crippen LogP contribution in [0.5, 0.6) is 0 Å². The third kappa shape index (κ3) is 5.09. The van der Waals surface area contributed by atoms with Crippen LogP contribution in [0.4, 0.5) is 15.3 Å². The number of aromatic nitrogens is 3. The number of thioether (sulfide) groups is 1. The fourth-order valence-electron chi connectivity index (χ4n) is 2.87. The van der Waals surface area contributed by atoms with Crippen molar-refractivity contribution in [2.75, 3.05) is 17.7 Å². The van der Waals surface area contributed by atoms with Gasteiger partial charge in [0.25, 0.3) is 0 Å². The second-order valence-electron chi connectivity index (χ2n) is 7.02. The van der Waals surface area contributed by atoms with E-state index in [1.165, 1.54) is 35.2 Å². The SMILES string of the molecule is CC(C)C[C@H](CO)Nc1nc(SC(C)c2ccc(F)cc2)nc2nc(N)sc12. The number of nitrogens with two attached hydrogens (primary N) is 1. The molecule has 0 amide bonds. The quantitative estimate of drug-likeness (QED) is 0.364. The second-order valence-corrected chi connectivity index (χ2v) is 9.36. The van der Waals surface area contributed by atoms with E-state index in [-0.39, 0.29) is 23.7 Å². The van der Waals surface area contributed by atoms with E-state index in [4.69, 9.17) is 5.73 Å². The van der Waals surface area contributed by atoms with Gasteiger partial charge in [-0.05, 0) is 37.0 Å². The molecule has 0 radical (unpaired) electrons. The van der Waals surface area contributed by atoms with Crippen molar-refractivity contribution in [1.29, 1.82) is 0 Å². The maximum atomic E-state index is 13.2. The first-order valence-electron chi connectivity index (χ1n) is 9.09. The number of aliphatic hydroxyl groups is 1. The summed E-state index contributed by atoms with van der Waals surface area (Å²) < 4.78 is 13.9. The van der Waals surface area contributed by atoms with Gasteiger partial charge < -0.3 is 16.2 Å². The average Bonchev–Trinajstić information content (AvgIpc) is 3.01. The summed E-state index contributed by atoms with van der Waals surface area (Å²) in [5.74, 6) is 0.803. The van der Waals surface area contributed by atoms with Gasteiger partial charge in [-0.2, -0.15) is 0 Å². The van der Waals surface area contributed by atoms with Crippen molar-refractivity contribution in [3.05, 3.63) is 35.6 Å². The fraction of sp³-hybridized carbons (Fsp3) is 0.421. The molecule has 0 bridgehead atoms. The zero-order valence-electron chi connectivity index (χ0n) is 16.0. The lowest BCUT2D eigenvalue weighted by atomic mass is 10.0. The normalized spacial score (nSPS) is 13.8. The molecule has 0 fully saturated rings. The highest BCUT2D eigenvalue weighted by atomic mass is 32.2. The van der Waals surface area contributed by atoms with Crippen LogP contribution in [0.1, 0.15) is 38.0 Å². The number of anilines is 2. The van der Waals surface area contributed by atoms with Crippen LogP contribution in [0.2, 0.25) is 0 Å². The number of hydrogen-bond acceptors (Lipinski definition) is 8. The molecule has 0 aliphatic carbocycles. The Kier molecular flexibility index (Phi) is 6.69. The Morgan fingerprint density at radius 2 is 1.89 bits per heavy atom. The molecule has 0 aliphatic rings. The molecule has 2 atom stereocenters. The minimum absolute atomic E-state index is 0.00637. The van der Waals surface area contributed by atoms with Gasteiger partial charge in [0.2, 0.25) is 0 Å². The van der Waals surface area contributed by atoms with Crippen LogP contribution in [0.3, 0.4) is 0 Å². The molecule has 150 valence electrons. The molecule has 28 heavy (non-hydrogen) atoms. The van der Waals surface area contributed by atoms with E-state index in [0.29, 0.717) is 27.7 Å². The molecule has 0 aliphatic heterocycles. The molecule has 6 nitrogen and oxygen atoms in total. The van der Waals surface area contributed by atoms with Crippen LogP contribution in [0.15, 0.2) is 29.4 Å². The van der Waals surface area contributed by atoms with Gasteiger partial charge in [0.15, 0.2) is 21.8 Å². The van der Waals surface area contributed by atoms with Crippen molar-refractivity contribution in [2.24, 2.45) is 5.92 Å². The van der Waals surface area contributed by atoms with Gasteiger partial charge in [-0.3, -0.25) is 0 Å². The van der Waals surface area contributed by atoms with Gasteiger partial charge in [-0.1, -0.05) is 49.1 Å². The number of thiazole rings is 1. The summed E-state index contributed by atoms with van der Waals surface area (Å²) in [7, 11) is 0. The largest absolute Gasteiger partial charge is 0.394 e. The van der Waals surface area contributed by atoms with E-state index >= 15 is 0 Å². The topological polar surface area (TPSA) is 97.0 Å². The van der Waals surface area contributed by atoms with Gasteiger partial charge in [0.05, 0.1) is 12.6 Å². The number of benzene rings is 1. The van der Waals surface area contributed by atoms with Gasteiger partial charge in [0, 0.05) is 5.25 Å². The van der Waals surface area contributed by atoms with Crippen LogP contribution < -0.4 is 11.1 Å². The number of fused-ring (bicyclic) bond motifs is 1. The summed E-state index contributed by atoms with van der Waals surface area (Å²) in [4.78, 5) is 13.5. The molecule has 3 rings (SSSR count). The van der Waals surface area contributed by atoms with E-state index in [0.717, 1.165) is 16.7 Å². The molecule has 1 unspecified atom stereocenters. The third-order valence-electron chi connectivity index (χ3n) is 4.19. The molecule has 1 aromatic carbocycles. The van der Waals surface area contributed by atoms with E-state index < -0.39 is 0 Å². The lowest BCUT2D eigenvalue weighted by Crippen LogP contribution is -2.26. The summed E-state index contributed by atoms with van der Waals surface area (Å²) in [6.07, 6.45) is 0.810. The zero-order valence-corrected chi connectivity index (χ0v) is 17.6. The highest BCUT2D eigenvalue weighted by molar-refractivity contribution is 7.99. The van der Waals surface area contributed by atoms with Crippen molar-refractivity contribution in [3.8, 4) is 0 Å². The predicted octanol–water partition coefficient (Wildman–Crippen LogP) is 4.48. The number of nitrogen functional groups attached to an aromatic ring is 1. The Bertz CT molecular complexity index is 932. The van der Waals surface area contributed by atoms with Crippen molar-refractivity contribution < 1.29 is 9.50 Å². The molecule has 0 spiro atoms. The molecule has 9 heteroatoms. The number of aliphatic hydroxyl groups excluding tert-OH is 1. The van der Waals surface area contributed by atoms with Gasteiger partial charge in [-0.25, -0.2) is 19.3 Å². The van der Waals surface area contributed by atoms with Crippen LogP contribution in [-0.2, 0) is 0 Å². The average molecular weight is 422 g/mol. The molecular weight excluding hydrogens is 397 g/mol. The standard InChI is InChI=1S/C19H24FN5OS2/c1-10(2)8-14(9-26)22-16-15-17(23-18(21)28-15)25-19(24-16)27-11(3)12-4-6-13(20)7-5-12/h4-7,10-11,14,26H,8-9H2,1-3H3,(H3,21,22,23,24,25)/t11?,14-/m1/s1. The first-order valence-corrected chi connectivity index (χ1v) is 10.8. The summed E-state index contributed by atoms with van der Waals surface area (Å²) in [5.41, 5.74) is 7.40. The second kappa shape index (κ2) is 9.02. The monoisotopic (exact) mass is 421 g/mol. The minimum Gasteiger partial charge on any atom is -0.394 e. The first-order chi connectivity index (χ1) is 13.4. The Morgan fingerprint density at radius 1 is 1.18 bits per heavy atom. The number of halogens is 1. The smallest absolute Gasteiger partial charge is 0.192 e. The highest BCUT2D eigenvalue weighted by Crippen LogP contribution is 2.36. The molecular formula is C19H24FN5OS2. The summed E-state index contributed by atoms with van der Waals surface area (Å²) >= 11 is 2.79. The maximum absolute atomic E-state index is 13.2. The van der Waals surface area contributed by atoms with Crippen molar-refractivity contribution >= 4 is 44.4 Å². The van der Waals surface area contributed by atoms with Crippen LogP contribution in [0, 0.1) is 11.7 Å². The van der Waals surface area contributed by atoms with Crippen molar-refractivity contribution in [1.82, 2.24) is 15.0 Å². The van der Waals surface area contributed by atoms with E-state index in [1.54, 1.807) is 12.1 Å². The fourth-order valence-corrected chi connectivity index (χ4v) is 4.49. The lowest BCUT2D eigenvalue weighted by molar-refractivity contribution is 0.259. The van der Waals surface area contributed by atoms with E-state index in [1.807, 2.05) is 6.92 Å². The number of hydrogen-bond donors (Lipinski definition) is 3. The maximum Gasteiger partial charge on any atom is 0.192 e. The first kappa shape index (κ1) is 20.8. The predicted molar refractivity (Wildman–Crippen MR) is 114 cm³/mol. The number of rotatable bonds is 8. The van der Waals surface area contributed by atoms with Crippen molar-refractivity contribution in [2.45, 2.75) is 43.6 Å². The Hall–Kier alpha value is -1.97. The molecule has 0 saturated heterocycles. The summed E-state index contributed by atoms with van der Waals surface area (Å²) in [6.45, 7) is 6.24. The third-order valence-corrected chi connectivity index (χ3v) is 6.09. The van der Waals surface area contributed by atoms with Crippen molar-refractivity contribution in [3.63, 3.8) is 0 Å². The van der Waals surface area contributed by atoms with Gasteiger partial charge >= 0.3 is 0 Å². The number of nitrogens with zero attached hydrogens (tertiary/aromatic N) is 3. The van der Waals surface area contributed by atoms with E-state index in [2.05, 4.69) is 34.1 Å². The number of nitrogens with one attached hydrogen (secondary N) is 1. The molecule has 4 N–H and O–H groups in total. The molecule has 2 aromatic heterocycles. The summed E-state index contributed by atoms with van der Waals surface area (Å²) in [6, 6.07) is 6.30. The van der Waals surface area contributed by atoms with Crippen LogP contribution >= 0.6 is 23.1 Å². The van der Waals surface area contributed by atoms with Gasteiger partial charge in [-0.15, -0.1) is 0 Å². The molecule has 2 heterocycles. The van der Waals surface area contributed by atoms with E-state index in [9.17, 15) is 9.50 Å². The molecule has 0 saturated carbocycles. The Morgan fingerprint density at radius 3 is 2.54 bits per heavy atom. The van der Waals surface area contributed by atoms with Gasteiger partial charge in [0.1, 0.15) is 10.5 Å². The highest BCUT2D eigenvalue weighted by Gasteiger charge is 2.18. The van der Waals surface area contributed by atoms with Crippen LogP contribution in [-0.4, -0.2) is 32.7 Å². The molecule has 3 aromatic rings. The Labute approximate surface area is 171 Å². The zero-order chi connectivity index (χ0) is 20.3. The lowest BCUT2D eigenvalue weighted by Gasteiger charge is -2.19. The van der Waals surface area contributed by atoms with Crippen LogP contribution in [0.25, 0.3) is 10.3 Å². The Balaban J connectivity index is 1.89. The summed E-state index contributed by atoms with van der Waals surface area (Å²) in [5, 5.41) is 14.1.